The Kier molecular flexibility index (Phi) is 5.37. The van der Waals surface area contributed by atoms with E-state index in [1.165, 1.54) is 6.08 Å². The normalized spacial score (nSPS) is 10.6. The Balaban J connectivity index is 2.11. The van der Waals surface area contributed by atoms with E-state index in [1.807, 2.05) is 54.0 Å². The first kappa shape index (κ1) is 15.1. The van der Waals surface area contributed by atoms with Crippen LogP contribution in [-0.4, -0.2) is 5.91 Å². The lowest BCUT2D eigenvalue weighted by atomic mass is 10.0. The van der Waals surface area contributed by atoms with Gasteiger partial charge < -0.3 is 5.32 Å². The second-order valence-corrected chi connectivity index (χ2v) is 4.88. The summed E-state index contributed by atoms with van der Waals surface area (Å²) in [6.07, 6.45) is 3.67. The molecule has 2 aromatic rings. The summed E-state index contributed by atoms with van der Waals surface area (Å²) in [6, 6.07) is 15.6. The number of nitrogens with one attached hydrogen (secondary N) is 2. The average Bonchev–Trinajstić information content (AvgIpc) is 2.51. The van der Waals surface area contributed by atoms with Crippen LogP contribution in [0.15, 0.2) is 60.8 Å². The van der Waals surface area contributed by atoms with Gasteiger partial charge in [-0.15, -0.1) is 0 Å². The highest BCUT2D eigenvalue weighted by atomic mass is 35.5. The van der Waals surface area contributed by atoms with Crippen molar-refractivity contribution < 1.29 is 4.79 Å². The number of carbonyl (C=O) groups is 1. The first-order chi connectivity index (χ1) is 10.2. The number of amides is 1. The van der Waals surface area contributed by atoms with Crippen LogP contribution in [0.25, 0.3) is 0 Å². The summed E-state index contributed by atoms with van der Waals surface area (Å²) < 4.78 is 0. The summed E-state index contributed by atoms with van der Waals surface area (Å²) in [7, 11) is 0. The molecule has 0 aliphatic rings. The summed E-state index contributed by atoms with van der Waals surface area (Å²) in [5, 5.41) is 3.81. The highest BCUT2D eigenvalue weighted by Crippen LogP contribution is 2.20. The number of rotatable bonds is 5. The number of halogens is 1. The van der Waals surface area contributed by atoms with Gasteiger partial charge >= 0.3 is 0 Å². The molecule has 0 saturated heterocycles. The molecule has 0 spiro atoms. The maximum absolute atomic E-state index is 11.0. The molecule has 2 rings (SSSR count). The molecule has 0 bridgehead atoms. The molecule has 0 aliphatic heterocycles. The van der Waals surface area contributed by atoms with E-state index in [0.717, 1.165) is 28.3 Å². The lowest BCUT2D eigenvalue weighted by Gasteiger charge is -2.09. The number of nitrogens with two attached hydrogens (primary N) is 1. The molecule has 0 atom stereocenters. The van der Waals surface area contributed by atoms with E-state index in [0.29, 0.717) is 0 Å². The van der Waals surface area contributed by atoms with Gasteiger partial charge in [-0.05, 0) is 35.7 Å². The lowest BCUT2D eigenvalue weighted by molar-refractivity contribution is -0.116. The third-order valence-corrected chi connectivity index (χ3v) is 3.19. The van der Waals surface area contributed by atoms with Crippen LogP contribution < -0.4 is 16.6 Å². The van der Waals surface area contributed by atoms with E-state index < -0.39 is 0 Å². The van der Waals surface area contributed by atoms with E-state index in [1.54, 1.807) is 6.20 Å². The van der Waals surface area contributed by atoms with Crippen molar-refractivity contribution in [1.82, 2.24) is 5.43 Å². The van der Waals surface area contributed by atoms with Gasteiger partial charge in [0.1, 0.15) is 0 Å². The minimum atomic E-state index is -0.363. The molecule has 0 aliphatic carbocycles. The standard InChI is InChI=1S/C16H16ClN3O/c17-14-7-5-12(6-8-14)11-13-3-1-2-4-15(13)19-10-9-16(21)20-18/h1-10,19H,11,18H2,(H,20,21). The molecule has 21 heavy (non-hydrogen) atoms. The van der Waals surface area contributed by atoms with Crippen LogP contribution in [0, 0.1) is 0 Å². The molecule has 0 aromatic heterocycles. The van der Waals surface area contributed by atoms with Crippen molar-refractivity contribution in [3.63, 3.8) is 0 Å². The second-order valence-electron chi connectivity index (χ2n) is 4.45. The molecule has 1 amide bonds. The third kappa shape index (κ3) is 4.63. The van der Waals surface area contributed by atoms with Gasteiger partial charge in [-0.1, -0.05) is 41.9 Å². The Morgan fingerprint density at radius 2 is 1.86 bits per heavy atom. The molecule has 108 valence electrons. The molecule has 0 heterocycles. The van der Waals surface area contributed by atoms with Crippen molar-refractivity contribution in [1.29, 1.82) is 0 Å². The molecular weight excluding hydrogens is 286 g/mol. The summed E-state index contributed by atoms with van der Waals surface area (Å²) in [5.41, 5.74) is 5.26. The molecule has 0 unspecified atom stereocenters. The van der Waals surface area contributed by atoms with Crippen molar-refractivity contribution in [3.05, 3.63) is 77.0 Å². The summed E-state index contributed by atoms with van der Waals surface area (Å²) in [6.45, 7) is 0. The SMILES string of the molecule is NNC(=O)C=CNc1ccccc1Cc1ccc(Cl)cc1. The predicted octanol–water partition coefficient (Wildman–Crippen LogP) is 2.85. The van der Waals surface area contributed by atoms with E-state index in [4.69, 9.17) is 17.4 Å². The van der Waals surface area contributed by atoms with Crippen LogP contribution in [0.1, 0.15) is 11.1 Å². The van der Waals surface area contributed by atoms with Crippen molar-refractivity contribution in [2.24, 2.45) is 5.84 Å². The fourth-order valence-electron chi connectivity index (χ4n) is 1.89. The zero-order valence-electron chi connectivity index (χ0n) is 11.3. The largest absolute Gasteiger partial charge is 0.361 e. The Labute approximate surface area is 128 Å². The van der Waals surface area contributed by atoms with Crippen LogP contribution >= 0.6 is 11.6 Å². The van der Waals surface area contributed by atoms with Gasteiger partial charge in [0, 0.05) is 23.0 Å². The van der Waals surface area contributed by atoms with Crippen LogP contribution in [0.5, 0.6) is 0 Å². The zero-order valence-corrected chi connectivity index (χ0v) is 12.1. The summed E-state index contributed by atoms with van der Waals surface area (Å²) >= 11 is 5.89. The highest BCUT2D eigenvalue weighted by molar-refractivity contribution is 6.30. The number of para-hydroxylation sites is 1. The number of benzene rings is 2. The zero-order chi connectivity index (χ0) is 15.1. The van der Waals surface area contributed by atoms with Gasteiger partial charge in [-0.25, -0.2) is 5.84 Å². The maximum Gasteiger partial charge on any atom is 0.259 e. The van der Waals surface area contributed by atoms with Crippen LogP contribution in [-0.2, 0) is 11.2 Å². The van der Waals surface area contributed by atoms with Crippen LogP contribution in [0.2, 0.25) is 5.02 Å². The maximum atomic E-state index is 11.0. The minimum Gasteiger partial charge on any atom is -0.361 e. The number of hydrogen-bond donors (Lipinski definition) is 3. The van der Waals surface area contributed by atoms with Gasteiger partial charge in [0.25, 0.3) is 5.91 Å². The molecule has 0 fully saturated rings. The van der Waals surface area contributed by atoms with Gasteiger partial charge in [-0.3, -0.25) is 10.2 Å². The van der Waals surface area contributed by atoms with Crippen molar-refractivity contribution in [2.75, 3.05) is 5.32 Å². The monoisotopic (exact) mass is 301 g/mol. The van der Waals surface area contributed by atoms with E-state index >= 15 is 0 Å². The lowest BCUT2D eigenvalue weighted by Crippen LogP contribution is -2.28. The van der Waals surface area contributed by atoms with Gasteiger partial charge in [0.2, 0.25) is 0 Å². The van der Waals surface area contributed by atoms with E-state index in [9.17, 15) is 4.79 Å². The molecule has 5 heteroatoms. The fourth-order valence-corrected chi connectivity index (χ4v) is 2.02. The van der Waals surface area contributed by atoms with Crippen molar-refractivity contribution in [3.8, 4) is 0 Å². The first-order valence-electron chi connectivity index (χ1n) is 6.45. The van der Waals surface area contributed by atoms with Crippen LogP contribution in [0.4, 0.5) is 5.69 Å². The quantitative estimate of drug-likeness (QED) is 0.344. The van der Waals surface area contributed by atoms with Crippen LogP contribution in [0.3, 0.4) is 0 Å². The number of hydrazine groups is 1. The highest BCUT2D eigenvalue weighted by Gasteiger charge is 2.02. The Hall–Kier alpha value is -2.30. The Bertz CT molecular complexity index is 638. The third-order valence-electron chi connectivity index (χ3n) is 2.94. The molecular formula is C16H16ClN3O. The average molecular weight is 302 g/mol. The molecule has 0 radical (unpaired) electrons. The number of hydrogen-bond acceptors (Lipinski definition) is 3. The van der Waals surface area contributed by atoms with E-state index in [2.05, 4.69) is 5.32 Å². The van der Waals surface area contributed by atoms with Gasteiger partial charge in [-0.2, -0.15) is 0 Å². The topological polar surface area (TPSA) is 67.1 Å². The molecule has 4 nitrogen and oxygen atoms in total. The minimum absolute atomic E-state index is 0.363. The molecule has 0 saturated carbocycles. The fraction of sp³-hybridized carbons (Fsp3) is 0.0625. The van der Waals surface area contributed by atoms with Crippen molar-refractivity contribution >= 4 is 23.2 Å². The molecule has 4 N–H and O–H groups in total. The van der Waals surface area contributed by atoms with Gasteiger partial charge in [0.05, 0.1) is 0 Å². The Morgan fingerprint density at radius 1 is 1.14 bits per heavy atom. The predicted molar refractivity (Wildman–Crippen MR) is 85.8 cm³/mol. The van der Waals surface area contributed by atoms with E-state index in [-0.39, 0.29) is 5.91 Å². The number of carbonyl (C=O) groups excluding carboxylic acids is 1. The number of anilines is 1. The first-order valence-corrected chi connectivity index (χ1v) is 6.83. The smallest absolute Gasteiger partial charge is 0.259 e. The summed E-state index contributed by atoms with van der Waals surface area (Å²) in [5.74, 6) is 4.64. The van der Waals surface area contributed by atoms with Gasteiger partial charge in [0.15, 0.2) is 0 Å². The second kappa shape index (κ2) is 7.47. The Morgan fingerprint density at radius 3 is 2.57 bits per heavy atom. The van der Waals surface area contributed by atoms with Crippen molar-refractivity contribution in [2.45, 2.75) is 6.42 Å². The molecule has 2 aromatic carbocycles. The summed E-state index contributed by atoms with van der Waals surface area (Å²) in [4.78, 5) is 11.0.